The third-order valence-corrected chi connectivity index (χ3v) is 19.4. The molecule has 0 saturated carbocycles. The molecule has 94 heavy (non-hydrogen) atoms. The van der Waals surface area contributed by atoms with Gasteiger partial charge in [-0.15, -0.1) is 0 Å². The average molecular weight is 1380 g/mol. The van der Waals surface area contributed by atoms with Crippen molar-refractivity contribution in [3.05, 3.63) is 0 Å². The minimum atomic E-state index is -4.96. The molecule has 5 atom stereocenters. The van der Waals surface area contributed by atoms with E-state index in [1.165, 1.54) is 205 Å². The molecule has 0 heterocycles. The quantitative estimate of drug-likeness (QED) is 0.0222. The number of esters is 4. The van der Waals surface area contributed by atoms with Crippen LogP contribution in [0.15, 0.2) is 0 Å². The first-order valence-corrected chi connectivity index (χ1v) is 42.1. The van der Waals surface area contributed by atoms with Crippen LogP contribution in [0.4, 0.5) is 0 Å². The van der Waals surface area contributed by atoms with Crippen LogP contribution in [0.25, 0.3) is 0 Å². The number of hydrogen-bond donors (Lipinski definition) is 3. The highest BCUT2D eigenvalue weighted by atomic mass is 31.2. The zero-order valence-electron chi connectivity index (χ0n) is 61.1. The van der Waals surface area contributed by atoms with Crippen LogP contribution in [0.5, 0.6) is 0 Å². The summed E-state index contributed by atoms with van der Waals surface area (Å²) in [4.78, 5) is 72.6. The van der Waals surface area contributed by atoms with Gasteiger partial charge in [-0.1, -0.05) is 343 Å². The molecule has 19 heteroatoms. The fraction of sp³-hybridized carbons (Fsp3) is 0.947. The fourth-order valence-electron chi connectivity index (χ4n) is 11.5. The van der Waals surface area contributed by atoms with Crippen LogP contribution >= 0.6 is 15.6 Å². The van der Waals surface area contributed by atoms with E-state index in [9.17, 15) is 43.2 Å². The average Bonchev–Trinajstić information content (AvgIpc) is 1.59. The van der Waals surface area contributed by atoms with Gasteiger partial charge in [0, 0.05) is 25.7 Å². The number of aliphatic hydroxyl groups excluding tert-OH is 1. The van der Waals surface area contributed by atoms with E-state index in [0.717, 1.165) is 109 Å². The lowest BCUT2D eigenvalue weighted by Gasteiger charge is -2.21. The Bertz CT molecular complexity index is 1810. The van der Waals surface area contributed by atoms with Gasteiger partial charge in [0.05, 0.1) is 26.4 Å². The Hall–Kier alpha value is -1.94. The van der Waals surface area contributed by atoms with Crippen molar-refractivity contribution in [3.63, 3.8) is 0 Å². The van der Waals surface area contributed by atoms with Crippen molar-refractivity contribution >= 4 is 39.5 Å². The predicted octanol–water partition coefficient (Wildman–Crippen LogP) is 22.1. The van der Waals surface area contributed by atoms with Crippen LogP contribution in [-0.2, 0) is 65.4 Å². The van der Waals surface area contributed by atoms with E-state index in [-0.39, 0.29) is 25.7 Å². The van der Waals surface area contributed by atoms with Crippen molar-refractivity contribution in [1.29, 1.82) is 0 Å². The lowest BCUT2D eigenvalue weighted by atomic mass is 10.0. The number of carbonyl (C=O) groups excluding carboxylic acids is 4. The van der Waals surface area contributed by atoms with Crippen molar-refractivity contribution in [2.75, 3.05) is 39.6 Å². The Morgan fingerprint density at radius 1 is 0.287 bits per heavy atom. The summed E-state index contributed by atoms with van der Waals surface area (Å²) >= 11 is 0. The second kappa shape index (κ2) is 68.2. The molecule has 0 aliphatic rings. The minimum Gasteiger partial charge on any atom is -0.462 e. The van der Waals surface area contributed by atoms with Crippen LogP contribution in [0.1, 0.15) is 394 Å². The summed E-state index contributed by atoms with van der Waals surface area (Å²) < 4.78 is 68.4. The van der Waals surface area contributed by atoms with Gasteiger partial charge in [-0.2, -0.15) is 0 Å². The second-order valence-corrected chi connectivity index (χ2v) is 30.4. The highest BCUT2D eigenvalue weighted by molar-refractivity contribution is 7.47. The molecule has 2 unspecified atom stereocenters. The molecule has 0 saturated heterocycles. The molecule has 0 radical (unpaired) electrons. The van der Waals surface area contributed by atoms with Crippen LogP contribution in [0.2, 0.25) is 0 Å². The van der Waals surface area contributed by atoms with Crippen LogP contribution in [0, 0.1) is 5.92 Å². The molecular weight excluding hydrogens is 1230 g/mol. The van der Waals surface area contributed by atoms with E-state index in [4.69, 9.17) is 37.0 Å². The molecule has 0 fully saturated rings. The molecule has 0 aliphatic heterocycles. The molecule has 17 nitrogen and oxygen atoms in total. The number of rotatable bonds is 75. The number of aliphatic hydroxyl groups is 1. The summed E-state index contributed by atoms with van der Waals surface area (Å²) in [6.07, 6.45) is 57.0. The van der Waals surface area contributed by atoms with Gasteiger partial charge in [0.2, 0.25) is 0 Å². The van der Waals surface area contributed by atoms with Crippen molar-refractivity contribution in [2.24, 2.45) is 5.92 Å². The van der Waals surface area contributed by atoms with Gasteiger partial charge in [-0.05, 0) is 31.6 Å². The van der Waals surface area contributed by atoms with E-state index >= 15 is 0 Å². The van der Waals surface area contributed by atoms with Crippen molar-refractivity contribution < 1.29 is 80.2 Å². The first-order chi connectivity index (χ1) is 45.5. The van der Waals surface area contributed by atoms with Gasteiger partial charge < -0.3 is 33.8 Å². The van der Waals surface area contributed by atoms with Crippen LogP contribution in [0.3, 0.4) is 0 Å². The molecule has 0 spiro atoms. The summed E-state index contributed by atoms with van der Waals surface area (Å²) in [5.74, 6) is -1.32. The Balaban J connectivity index is 5.18. The van der Waals surface area contributed by atoms with E-state index in [1.807, 2.05) is 0 Å². The van der Waals surface area contributed by atoms with Gasteiger partial charge in [0.15, 0.2) is 12.2 Å². The number of hydrogen-bond acceptors (Lipinski definition) is 15. The van der Waals surface area contributed by atoms with E-state index in [1.54, 1.807) is 0 Å². The topological polar surface area (TPSA) is 237 Å². The van der Waals surface area contributed by atoms with Gasteiger partial charge in [-0.25, -0.2) is 9.13 Å². The lowest BCUT2D eigenvalue weighted by molar-refractivity contribution is -0.161. The summed E-state index contributed by atoms with van der Waals surface area (Å²) in [6, 6.07) is 0. The summed E-state index contributed by atoms with van der Waals surface area (Å²) in [7, 11) is -9.90. The molecule has 0 aliphatic carbocycles. The van der Waals surface area contributed by atoms with Crippen molar-refractivity contribution in [3.8, 4) is 0 Å². The van der Waals surface area contributed by atoms with Gasteiger partial charge in [0.25, 0.3) is 0 Å². The molecule has 0 bridgehead atoms. The number of carbonyl (C=O) groups is 4. The summed E-state index contributed by atoms with van der Waals surface area (Å²) in [5, 5.41) is 10.6. The first kappa shape index (κ1) is 92.1. The maximum Gasteiger partial charge on any atom is 0.472 e. The highest BCUT2D eigenvalue weighted by Crippen LogP contribution is 2.45. The monoisotopic (exact) mass is 1380 g/mol. The molecule has 0 aromatic rings. The standard InChI is InChI=1S/C75H146O17P2/c1-6-9-12-15-18-20-22-23-24-25-26-27-28-33-37-41-46-51-56-61-75(80)92-71(65-86-73(78)59-54-49-44-39-36-32-30-29-31-35-38-43-47-52-57-68(4)5)67-90-94(83,84)88-63-69(76)62-87-93(81,82)89-66-70(64-85-72(77)58-53-48-42-17-14-11-8-3)91-74(79)60-55-50-45-40-34-21-19-16-13-10-7-2/h68-71,76H,6-67H2,1-5H3,(H,81,82)(H,83,84)/t69-,70+,71+/m0/s1. The molecule has 0 aromatic carbocycles. The SMILES string of the molecule is CCCCCCCCCCCCCCCCCCCCCC(=O)O[C@H](COC(=O)CCCCCCCCCCCCCCCCC(C)C)COP(=O)(O)OC[C@@H](O)COP(=O)(O)OC[C@@H](COC(=O)CCCCCCCCC)OC(=O)CCCCCCCCCCCCC. The number of ether oxygens (including phenoxy) is 4. The zero-order chi connectivity index (χ0) is 69.1. The number of unbranched alkanes of at least 4 members (excludes halogenated alkanes) is 47. The van der Waals surface area contributed by atoms with Crippen molar-refractivity contribution in [2.45, 2.75) is 412 Å². The Morgan fingerprint density at radius 3 is 0.723 bits per heavy atom. The molecule has 3 N–H and O–H groups in total. The smallest absolute Gasteiger partial charge is 0.462 e. The molecule has 0 rings (SSSR count). The lowest BCUT2D eigenvalue weighted by Crippen LogP contribution is -2.30. The van der Waals surface area contributed by atoms with E-state index < -0.39 is 97.5 Å². The van der Waals surface area contributed by atoms with Crippen molar-refractivity contribution in [1.82, 2.24) is 0 Å². The fourth-order valence-corrected chi connectivity index (χ4v) is 13.1. The molecular formula is C75H146O17P2. The molecule has 0 amide bonds. The van der Waals surface area contributed by atoms with Gasteiger partial charge >= 0.3 is 39.5 Å². The number of phosphoric ester groups is 2. The largest absolute Gasteiger partial charge is 0.472 e. The second-order valence-electron chi connectivity index (χ2n) is 27.5. The summed E-state index contributed by atoms with van der Waals surface area (Å²) in [5.41, 5.74) is 0. The Labute approximate surface area is 575 Å². The van der Waals surface area contributed by atoms with Crippen LogP contribution < -0.4 is 0 Å². The predicted molar refractivity (Wildman–Crippen MR) is 382 cm³/mol. The molecule has 558 valence electrons. The normalized spacial score (nSPS) is 14.0. The Morgan fingerprint density at radius 2 is 0.489 bits per heavy atom. The van der Waals surface area contributed by atoms with Crippen LogP contribution in [-0.4, -0.2) is 96.7 Å². The van der Waals surface area contributed by atoms with E-state index in [2.05, 4.69) is 34.6 Å². The first-order valence-electron chi connectivity index (χ1n) is 39.1. The van der Waals surface area contributed by atoms with E-state index in [0.29, 0.717) is 25.7 Å². The number of phosphoric acid groups is 2. The third-order valence-electron chi connectivity index (χ3n) is 17.5. The van der Waals surface area contributed by atoms with Gasteiger partial charge in [-0.3, -0.25) is 37.3 Å². The summed E-state index contributed by atoms with van der Waals surface area (Å²) in [6.45, 7) is 7.26. The highest BCUT2D eigenvalue weighted by Gasteiger charge is 2.30. The third kappa shape index (κ3) is 68.6. The molecule has 0 aromatic heterocycles. The van der Waals surface area contributed by atoms with Gasteiger partial charge in [0.1, 0.15) is 19.3 Å². The minimum absolute atomic E-state index is 0.107. The maximum atomic E-state index is 13.1. The Kier molecular flexibility index (Phi) is 66.8. The zero-order valence-corrected chi connectivity index (χ0v) is 62.9. The maximum absolute atomic E-state index is 13.1.